The standard InChI is InChI=1S/C10H21N3O3S/c1-8-4-7-11-9(8)10(14)12-5-3-6-13-17(2,15)16/h8-9,11,13H,3-7H2,1-2H3,(H,12,14). The Labute approximate surface area is 103 Å². The van der Waals surface area contributed by atoms with E-state index in [0.717, 1.165) is 19.2 Å². The molecule has 2 unspecified atom stereocenters. The molecule has 1 amide bonds. The highest BCUT2D eigenvalue weighted by Gasteiger charge is 2.28. The van der Waals surface area contributed by atoms with Crippen LogP contribution < -0.4 is 15.4 Å². The van der Waals surface area contributed by atoms with Crippen LogP contribution in [0.25, 0.3) is 0 Å². The lowest BCUT2D eigenvalue weighted by Gasteiger charge is -2.15. The Morgan fingerprint density at radius 2 is 2.12 bits per heavy atom. The lowest BCUT2D eigenvalue weighted by atomic mass is 10.0. The molecular formula is C10H21N3O3S. The molecule has 1 aliphatic rings. The average Bonchev–Trinajstić information content (AvgIpc) is 2.62. The summed E-state index contributed by atoms with van der Waals surface area (Å²) in [7, 11) is -3.12. The largest absolute Gasteiger partial charge is 0.355 e. The number of amides is 1. The van der Waals surface area contributed by atoms with E-state index in [4.69, 9.17) is 0 Å². The fourth-order valence-corrected chi connectivity index (χ4v) is 2.37. The van der Waals surface area contributed by atoms with Crippen LogP contribution in [0.4, 0.5) is 0 Å². The predicted octanol–water partition coefficient (Wildman–Crippen LogP) is -0.960. The molecule has 0 radical (unpaired) electrons. The van der Waals surface area contributed by atoms with E-state index >= 15 is 0 Å². The molecular weight excluding hydrogens is 242 g/mol. The third kappa shape index (κ3) is 5.47. The zero-order valence-electron chi connectivity index (χ0n) is 10.3. The summed E-state index contributed by atoms with van der Waals surface area (Å²) in [6, 6.07) is -0.0992. The number of hydrogen-bond acceptors (Lipinski definition) is 4. The Bertz CT molecular complexity index is 356. The summed E-state index contributed by atoms with van der Waals surface area (Å²) in [5.41, 5.74) is 0. The second kappa shape index (κ2) is 6.32. The molecule has 0 aromatic carbocycles. The Hall–Kier alpha value is -0.660. The number of sulfonamides is 1. The van der Waals surface area contributed by atoms with Crippen molar-refractivity contribution in [3.8, 4) is 0 Å². The van der Waals surface area contributed by atoms with Crippen molar-refractivity contribution in [3.05, 3.63) is 0 Å². The molecule has 100 valence electrons. The normalized spacial score (nSPS) is 24.8. The topological polar surface area (TPSA) is 87.3 Å². The first kappa shape index (κ1) is 14.4. The van der Waals surface area contributed by atoms with Gasteiger partial charge in [0.15, 0.2) is 0 Å². The molecule has 7 heteroatoms. The smallest absolute Gasteiger partial charge is 0.237 e. The van der Waals surface area contributed by atoms with Gasteiger partial charge in [0, 0.05) is 13.1 Å². The van der Waals surface area contributed by atoms with E-state index in [1.807, 2.05) is 0 Å². The minimum atomic E-state index is -3.12. The van der Waals surface area contributed by atoms with Crippen LogP contribution in [-0.2, 0) is 14.8 Å². The summed E-state index contributed by atoms with van der Waals surface area (Å²) in [4.78, 5) is 11.7. The molecule has 6 nitrogen and oxygen atoms in total. The van der Waals surface area contributed by atoms with Gasteiger partial charge in [-0.3, -0.25) is 4.79 Å². The van der Waals surface area contributed by atoms with Crippen molar-refractivity contribution in [1.29, 1.82) is 0 Å². The molecule has 1 fully saturated rings. The molecule has 1 aliphatic heterocycles. The number of carbonyl (C=O) groups is 1. The van der Waals surface area contributed by atoms with Crippen LogP contribution in [0.5, 0.6) is 0 Å². The first-order valence-electron chi connectivity index (χ1n) is 5.86. The number of nitrogens with one attached hydrogen (secondary N) is 3. The Morgan fingerprint density at radius 3 is 2.65 bits per heavy atom. The second-order valence-corrected chi connectivity index (χ2v) is 6.34. The van der Waals surface area contributed by atoms with Gasteiger partial charge in [-0.1, -0.05) is 6.92 Å². The predicted molar refractivity (Wildman–Crippen MR) is 66.0 cm³/mol. The number of carbonyl (C=O) groups excluding carboxylic acids is 1. The third-order valence-electron chi connectivity index (χ3n) is 2.83. The minimum Gasteiger partial charge on any atom is -0.355 e. The molecule has 0 aromatic rings. The van der Waals surface area contributed by atoms with Gasteiger partial charge in [-0.15, -0.1) is 0 Å². The van der Waals surface area contributed by atoms with Gasteiger partial charge in [0.25, 0.3) is 0 Å². The van der Waals surface area contributed by atoms with E-state index in [0.29, 0.717) is 25.4 Å². The van der Waals surface area contributed by atoms with Crippen molar-refractivity contribution in [1.82, 2.24) is 15.4 Å². The minimum absolute atomic E-state index is 0.00866. The maximum Gasteiger partial charge on any atom is 0.237 e. The van der Waals surface area contributed by atoms with Crippen molar-refractivity contribution in [2.24, 2.45) is 5.92 Å². The molecule has 0 aromatic heterocycles. The van der Waals surface area contributed by atoms with Gasteiger partial charge in [-0.25, -0.2) is 13.1 Å². The van der Waals surface area contributed by atoms with Crippen LogP contribution in [0.15, 0.2) is 0 Å². The Kier molecular flexibility index (Phi) is 5.35. The van der Waals surface area contributed by atoms with Crippen molar-refractivity contribution in [3.63, 3.8) is 0 Å². The van der Waals surface area contributed by atoms with Gasteiger partial charge < -0.3 is 10.6 Å². The van der Waals surface area contributed by atoms with E-state index in [1.165, 1.54) is 0 Å². The summed E-state index contributed by atoms with van der Waals surface area (Å²) < 4.78 is 23.9. The fraction of sp³-hybridized carbons (Fsp3) is 0.900. The summed E-state index contributed by atoms with van der Waals surface area (Å²) in [5, 5.41) is 5.95. The van der Waals surface area contributed by atoms with E-state index < -0.39 is 10.0 Å². The van der Waals surface area contributed by atoms with Gasteiger partial charge in [0.2, 0.25) is 15.9 Å². The van der Waals surface area contributed by atoms with E-state index in [2.05, 4.69) is 22.3 Å². The zero-order chi connectivity index (χ0) is 12.9. The molecule has 1 heterocycles. The highest BCUT2D eigenvalue weighted by Crippen LogP contribution is 2.13. The third-order valence-corrected chi connectivity index (χ3v) is 3.56. The van der Waals surface area contributed by atoms with Crippen molar-refractivity contribution < 1.29 is 13.2 Å². The summed E-state index contributed by atoms with van der Waals surface area (Å²) in [6.07, 6.45) is 2.74. The van der Waals surface area contributed by atoms with E-state index in [1.54, 1.807) is 0 Å². The second-order valence-electron chi connectivity index (χ2n) is 4.51. The monoisotopic (exact) mass is 263 g/mol. The molecule has 0 spiro atoms. The van der Waals surface area contributed by atoms with Crippen LogP contribution >= 0.6 is 0 Å². The highest BCUT2D eigenvalue weighted by atomic mass is 32.2. The van der Waals surface area contributed by atoms with Crippen molar-refractivity contribution in [2.45, 2.75) is 25.8 Å². The molecule has 1 saturated heterocycles. The quantitative estimate of drug-likeness (QED) is 0.539. The van der Waals surface area contributed by atoms with Crippen LogP contribution in [0.3, 0.4) is 0 Å². The molecule has 17 heavy (non-hydrogen) atoms. The maximum atomic E-state index is 11.7. The van der Waals surface area contributed by atoms with Crippen molar-refractivity contribution in [2.75, 3.05) is 25.9 Å². The van der Waals surface area contributed by atoms with Crippen LogP contribution in [-0.4, -0.2) is 46.3 Å². The molecule has 2 atom stereocenters. The highest BCUT2D eigenvalue weighted by molar-refractivity contribution is 7.88. The molecule has 3 N–H and O–H groups in total. The molecule has 0 bridgehead atoms. The lowest BCUT2D eigenvalue weighted by Crippen LogP contribution is -2.44. The van der Waals surface area contributed by atoms with Crippen LogP contribution in [0, 0.1) is 5.92 Å². The molecule has 0 aliphatic carbocycles. The molecule has 0 saturated carbocycles. The van der Waals surface area contributed by atoms with Gasteiger partial charge >= 0.3 is 0 Å². The van der Waals surface area contributed by atoms with E-state index in [9.17, 15) is 13.2 Å². The number of hydrogen-bond donors (Lipinski definition) is 3. The summed E-state index contributed by atoms with van der Waals surface area (Å²) >= 11 is 0. The molecule has 1 rings (SSSR count). The number of rotatable bonds is 6. The average molecular weight is 263 g/mol. The first-order valence-corrected chi connectivity index (χ1v) is 7.75. The van der Waals surface area contributed by atoms with Crippen LogP contribution in [0.2, 0.25) is 0 Å². The van der Waals surface area contributed by atoms with Gasteiger partial charge in [0.05, 0.1) is 12.3 Å². The first-order chi connectivity index (χ1) is 7.90. The maximum absolute atomic E-state index is 11.7. The van der Waals surface area contributed by atoms with Crippen LogP contribution in [0.1, 0.15) is 19.8 Å². The fourth-order valence-electron chi connectivity index (χ4n) is 1.85. The zero-order valence-corrected chi connectivity index (χ0v) is 11.1. The summed E-state index contributed by atoms with van der Waals surface area (Å²) in [5.74, 6) is 0.374. The van der Waals surface area contributed by atoms with Gasteiger partial charge in [-0.05, 0) is 25.3 Å². The Balaban J connectivity index is 2.12. The summed E-state index contributed by atoms with van der Waals surface area (Å²) in [6.45, 7) is 3.78. The van der Waals surface area contributed by atoms with Gasteiger partial charge in [-0.2, -0.15) is 0 Å². The lowest BCUT2D eigenvalue weighted by molar-refractivity contribution is -0.123. The van der Waals surface area contributed by atoms with E-state index in [-0.39, 0.29) is 11.9 Å². The Morgan fingerprint density at radius 1 is 1.41 bits per heavy atom. The SMILES string of the molecule is CC1CCNC1C(=O)NCCCNS(C)(=O)=O. The van der Waals surface area contributed by atoms with Crippen molar-refractivity contribution >= 4 is 15.9 Å². The van der Waals surface area contributed by atoms with Gasteiger partial charge in [0.1, 0.15) is 0 Å².